The van der Waals surface area contributed by atoms with E-state index in [9.17, 15) is 0 Å². The third-order valence-electron chi connectivity index (χ3n) is 3.24. The van der Waals surface area contributed by atoms with E-state index in [1.807, 2.05) is 0 Å². The Morgan fingerprint density at radius 2 is 2.40 bits per heavy atom. The molecule has 3 nitrogen and oxygen atoms in total. The number of fused-ring (bicyclic) bond motifs is 1. The molecule has 2 N–H and O–H groups in total. The standard InChI is InChI=1S/C11H18BrN3/c1-2-8-4-6-15-10(7-8)14-9(3-5-13)11(15)12/h8H,2-7,13H2,1H3. The maximum Gasteiger partial charge on any atom is 0.110 e. The molecule has 1 aromatic heterocycles. The number of nitrogens with zero attached hydrogens (tertiary/aromatic N) is 2. The summed E-state index contributed by atoms with van der Waals surface area (Å²) in [7, 11) is 0. The Bertz CT molecular complexity index is 346. The van der Waals surface area contributed by atoms with E-state index in [0.717, 1.165) is 35.6 Å². The molecule has 1 aliphatic rings. The van der Waals surface area contributed by atoms with Gasteiger partial charge in [0.2, 0.25) is 0 Å². The second-order valence-electron chi connectivity index (χ2n) is 4.22. The van der Waals surface area contributed by atoms with Crippen molar-refractivity contribution in [1.82, 2.24) is 9.55 Å². The second-order valence-corrected chi connectivity index (χ2v) is 4.97. The van der Waals surface area contributed by atoms with Crippen molar-refractivity contribution in [3.63, 3.8) is 0 Å². The summed E-state index contributed by atoms with van der Waals surface area (Å²) < 4.78 is 3.45. The molecular weight excluding hydrogens is 254 g/mol. The lowest BCUT2D eigenvalue weighted by atomic mass is 9.95. The normalized spacial score (nSPS) is 20.3. The molecular formula is C11H18BrN3. The van der Waals surface area contributed by atoms with Crippen molar-refractivity contribution < 1.29 is 0 Å². The molecule has 0 saturated heterocycles. The fourth-order valence-corrected chi connectivity index (χ4v) is 2.90. The van der Waals surface area contributed by atoms with Gasteiger partial charge in [-0.1, -0.05) is 13.3 Å². The highest BCUT2D eigenvalue weighted by Gasteiger charge is 2.22. The van der Waals surface area contributed by atoms with E-state index < -0.39 is 0 Å². The summed E-state index contributed by atoms with van der Waals surface area (Å²) in [5.74, 6) is 2.06. The Hall–Kier alpha value is -0.350. The minimum absolute atomic E-state index is 0.673. The summed E-state index contributed by atoms with van der Waals surface area (Å²) in [6.07, 6.45) is 4.54. The largest absolute Gasteiger partial charge is 0.330 e. The molecule has 1 aromatic rings. The van der Waals surface area contributed by atoms with Crippen LogP contribution in [0.5, 0.6) is 0 Å². The number of hydrogen-bond donors (Lipinski definition) is 1. The summed E-state index contributed by atoms with van der Waals surface area (Å²) in [5.41, 5.74) is 6.70. The molecule has 1 aliphatic heterocycles. The molecule has 0 amide bonds. The number of nitrogens with two attached hydrogens (primary N) is 1. The average molecular weight is 272 g/mol. The topological polar surface area (TPSA) is 43.8 Å². The monoisotopic (exact) mass is 271 g/mol. The maximum atomic E-state index is 5.57. The van der Waals surface area contributed by atoms with Crippen LogP contribution in [-0.2, 0) is 19.4 Å². The Labute approximate surface area is 99.2 Å². The zero-order valence-corrected chi connectivity index (χ0v) is 10.8. The number of aromatic nitrogens is 2. The van der Waals surface area contributed by atoms with Gasteiger partial charge >= 0.3 is 0 Å². The Morgan fingerprint density at radius 3 is 3.07 bits per heavy atom. The lowest BCUT2D eigenvalue weighted by Crippen LogP contribution is -2.19. The fraction of sp³-hybridized carbons (Fsp3) is 0.727. The average Bonchev–Trinajstić information content (AvgIpc) is 2.56. The molecule has 0 bridgehead atoms. The summed E-state index contributed by atoms with van der Waals surface area (Å²) in [5, 5.41) is 0. The van der Waals surface area contributed by atoms with Crippen LogP contribution in [0.2, 0.25) is 0 Å². The van der Waals surface area contributed by atoms with Gasteiger partial charge in [-0.3, -0.25) is 0 Å². The lowest BCUT2D eigenvalue weighted by Gasteiger charge is -2.22. The fourth-order valence-electron chi connectivity index (χ4n) is 2.23. The van der Waals surface area contributed by atoms with Gasteiger partial charge in [0.15, 0.2) is 0 Å². The van der Waals surface area contributed by atoms with Gasteiger partial charge in [0.05, 0.1) is 5.69 Å². The Balaban J connectivity index is 2.24. The van der Waals surface area contributed by atoms with Crippen molar-refractivity contribution in [2.24, 2.45) is 11.7 Å². The molecule has 1 unspecified atom stereocenters. The molecule has 2 rings (SSSR count). The highest BCUT2D eigenvalue weighted by atomic mass is 79.9. The van der Waals surface area contributed by atoms with Crippen molar-refractivity contribution >= 4 is 15.9 Å². The van der Waals surface area contributed by atoms with Gasteiger partial charge in [-0.2, -0.15) is 0 Å². The second kappa shape index (κ2) is 4.66. The van der Waals surface area contributed by atoms with Crippen LogP contribution in [0.15, 0.2) is 4.60 Å². The number of imidazole rings is 1. The van der Waals surface area contributed by atoms with Crippen LogP contribution in [0.3, 0.4) is 0 Å². The zero-order valence-electron chi connectivity index (χ0n) is 9.17. The molecule has 0 fully saturated rings. The Kier molecular flexibility index (Phi) is 3.46. The van der Waals surface area contributed by atoms with Crippen LogP contribution in [0.4, 0.5) is 0 Å². The van der Waals surface area contributed by atoms with E-state index in [-0.39, 0.29) is 0 Å². The molecule has 2 heterocycles. The lowest BCUT2D eigenvalue weighted by molar-refractivity contribution is 0.370. The van der Waals surface area contributed by atoms with Gasteiger partial charge in [-0.15, -0.1) is 0 Å². The smallest absolute Gasteiger partial charge is 0.110 e. The van der Waals surface area contributed by atoms with Crippen molar-refractivity contribution in [2.45, 2.75) is 39.2 Å². The minimum Gasteiger partial charge on any atom is -0.330 e. The van der Waals surface area contributed by atoms with E-state index in [1.165, 1.54) is 18.7 Å². The molecule has 1 atom stereocenters. The summed E-state index contributed by atoms with van der Waals surface area (Å²) in [4.78, 5) is 4.67. The van der Waals surface area contributed by atoms with Crippen LogP contribution in [-0.4, -0.2) is 16.1 Å². The highest BCUT2D eigenvalue weighted by molar-refractivity contribution is 9.10. The van der Waals surface area contributed by atoms with Crippen LogP contribution in [0.1, 0.15) is 31.3 Å². The van der Waals surface area contributed by atoms with Crippen molar-refractivity contribution in [3.05, 3.63) is 16.1 Å². The molecule has 0 spiro atoms. The first kappa shape index (κ1) is 11.1. The van der Waals surface area contributed by atoms with Gasteiger partial charge in [0.1, 0.15) is 10.4 Å². The van der Waals surface area contributed by atoms with E-state index in [2.05, 4.69) is 32.4 Å². The predicted molar refractivity (Wildman–Crippen MR) is 64.8 cm³/mol. The quantitative estimate of drug-likeness (QED) is 0.916. The van der Waals surface area contributed by atoms with Crippen LogP contribution in [0.25, 0.3) is 0 Å². The highest BCUT2D eigenvalue weighted by Crippen LogP contribution is 2.28. The predicted octanol–water partition coefficient (Wildman–Crippen LogP) is 2.12. The molecule has 0 radical (unpaired) electrons. The third kappa shape index (κ3) is 2.11. The van der Waals surface area contributed by atoms with Gasteiger partial charge in [-0.05, 0) is 34.8 Å². The minimum atomic E-state index is 0.673. The summed E-state index contributed by atoms with van der Waals surface area (Å²) >= 11 is 3.62. The maximum absolute atomic E-state index is 5.57. The molecule has 15 heavy (non-hydrogen) atoms. The van der Waals surface area contributed by atoms with E-state index >= 15 is 0 Å². The van der Waals surface area contributed by atoms with E-state index in [0.29, 0.717) is 6.54 Å². The first-order chi connectivity index (χ1) is 7.26. The zero-order chi connectivity index (χ0) is 10.8. The summed E-state index contributed by atoms with van der Waals surface area (Å²) in [6, 6.07) is 0. The van der Waals surface area contributed by atoms with Crippen molar-refractivity contribution in [3.8, 4) is 0 Å². The Morgan fingerprint density at radius 1 is 1.60 bits per heavy atom. The number of hydrogen-bond acceptors (Lipinski definition) is 2. The molecule has 0 aromatic carbocycles. The third-order valence-corrected chi connectivity index (χ3v) is 4.13. The molecule has 84 valence electrons. The first-order valence-electron chi connectivity index (χ1n) is 5.70. The van der Waals surface area contributed by atoms with E-state index in [1.54, 1.807) is 0 Å². The molecule has 0 aliphatic carbocycles. The van der Waals surface area contributed by atoms with E-state index in [4.69, 9.17) is 5.73 Å². The van der Waals surface area contributed by atoms with Crippen LogP contribution < -0.4 is 5.73 Å². The number of halogens is 1. The SMILES string of the molecule is CCC1CCn2c(nc(CCN)c2Br)C1. The van der Waals surface area contributed by atoms with Gasteiger partial charge < -0.3 is 10.3 Å². The van der Waals surface area contributed by atoms with Crippen molar-refractivity contribution in [1.29, 1.82) is 0 Å². The number of rotatable bonds is 3. The van der Waals surface area contributed by atoms with Gasteiger partial charge in [0, 0.05) is 19.4 Å². The summed E-state index contributed by atoms with van der Waals surface area (Å²) in [6.45, 7) is 4.04. The molecule has 4 heteroatoms. The molecule has 0 saturated carbocycles. The van der Waals surface area contributed by atoms with Crippen LogP contribution in [0, 0.1) is 5.92 Å². The van der Waals surface area contributed by atoms with Crippen molar-refractivity contribution in [2.75, 3.05) is 6.54 Å². The van der Waals surface area contributed by atoms with Gasteiger partial charge in [-0.25, -0.2) is 4.98 Å². The first-order valence-corrected chi connectivity index (χ1v) is 6.49. The van der Waals surface area contributed by atoms with Gasteiger partial charge in [0.25, 0.3) is 0 Å². The van der Waals surface area contributed by atoms with Crippen LogP contribution >= 0.6 is 15.9 Å².